The van der Waals surface area contributed by atoms with Crippen molar-refractivity contribution in [2.24, 2.45) is 11.8 Å². The molecule has 1 saturated heterocycles. The van der Waals surface area contributed by atoms with Crippen LogP contribution in [-0.2, 0) is 4.79 Å². The second-order valence-electron chi connectivity index (χ2n) is 5.69. The second-order valence-corrected chi connectivity index (χ2v) is 6.13. The molecule has 1 aliphatic heterocycles. The topological polar surface area (TPSA) is 40.5 Å². The first-order valence-electron chi connectivity index (χ1n) is 6.69. The van der Waals surface area contributed by atoms with Gasteiger partial charge in [0.15, 0.2) is 0 Å². The average molecular weight is 282 g/mol. The first-order valence-corrected chi connectivity index (χ1v) is 7.07. The van der Waals surface area contributed by atoms with Crippen molar-refractivity contribution in [1.82, 2.24) is 4.90 Å². The Morgan fingerprint density at radius 2 is 1.79 bits per heavy atom. The molecule has 3 nitrogen and oxygen atoms in total. The normalized spacial score (nSPS) is 26.1. The van der Waals surface area contributed by atoms with E-state index in [9.17, 15) is 9.90 Å². The van der Waals surface area contributed by atoms with E-state index >= 15 is 0 Å². The fraction of sp³-hybridized carbons (Fsp3) is 0.533. The summed E-state index contributed by atoms with van der Waals surface area (Å²) >= 11 is 5.87. The number of piperidine rings is 1. The Balaban J connectivity index is 2.24. The number of carboxylic acid groups (broad SMARTS) is 1. The van der Waals surface area contributed by atoms with Crippen LogP contribution in [0.5, 0.6) is 0 Å². The number of hydrogen-bond donors (Lipinski definition) is 1. The lowest BCUT2D eigenvalue weighted by molar-refractivity contribution is -0.144. The molecule has 1 aliphatic rings. The highest BCUT2D eigenvalue weighted by atomic mass is 35.5. The number of carboxylic acids is 1. The Labute approximate surface area is 119 Å². The van der Waals surface area contributed by atoms with Gasteiger partial charge in [0, 0.05) is 18.1 Å². The van der Waals surface area contributed by atoms with Gasteiger partial charge in [-0.05, 0) is 36.0 Å². The molecular weight excluding hydrogens is 262 g/mol. The summed E-state index contributed by atoms with van der Waals surface area (Å²) in [5.74, 6) is 0.291. The summed E-state index contributed by atoms with van der Waals surface area (Å²) in [6.45, 7) is 6.04. The zero-order chi connectivity index (χ0) is 14.0. The SMILES string of the molecule is CC1CC(C)CN(C(C(=O)O)c2ccc(Cl)cc2)C1. The molecule has 0 aromatic heterocycles. The highest BCUT2D eigenvalue weighted by Crippen LogP contribution is 2.30. The zero-order valence-corrected chi connectivity index (χ0v) is 12.1. The summed E-state index contributed by atoms with van der Waals surface area (Å²) in [7, 11) is 0. The predicted octanol–water partition coefficient (Wildman–Crippen LogP) is 3.44. The van der Waals surface area contributed by atoms with Crippen LogP contribution in [0.4, 0.5) is 0 Å². The average Bonchev–Trinajstić information content (AvgIpc) is 2.30. The number of hydrogen-bond acceptors (Lipinski definition) is 2. The molecule has 4 heteroatoms. The summed E-state index contributed by atoms with van der Waals surface area (Å²) in [5.41, 5.74) is 0.804. The van der Waals surface area contributed by atoms with E-state index in [1.165, 1.54) is 6.42 Å². The van der Waals surface area contributed by atoms with Crippen molar-refractivity contribution < 1.29 is 9.90 Å². The molecule has 1 N–H and O–H groups in total. The number of likely N-dealkylation sites (tertiary alicyclic amines) is 1. The van der Waals surface area contributed by atoms with Crippen molar-refractivity contribution in [1.29, 1.82) is 0 Å². The summed E-state index contributed by atoms with van der Waals surface area (Å²) in [5, 5.41) is 10.2. The summed E-state index contributed by atoms with van der Waals surface area (Å²) in [4.78, 5) is 13.7. The molecule has 0 bridgehead atoms. The highest BCUT2D eigenvalue weighted by Gasteiger charge is 2.32. The van der Waals surface area contributed by atoms with Crippen LogP contribution in [0.15, 0.2) is 24.3 Å². The summed E-state index contributed by atoms with van der Waals surface area (Å²) in [6.07, 6.45) is 1.17. The predicted molar refractivity (Wildman–Crippen MR) is 76.3 cm³/mol. The quantitative estimate of drug-likeness (QED) is 0.923. The number of halogens is 1. The molecule has 19 heavy (non-hydrogen) atoms. The summed E-state index contributed by atoms with van der Waals surface area (Å²) in [6, 6.07) is 6.56. The summed E-state index contributed by atoms with van der Waals surface area (Å²) < 4.78 is 0. The molecule has 3 unspecified atom stereocenters. The van der Waals surface area contributed by atoms with Gasteiger partial charge in [0.05, 0.1) is 0 Å². The van der Waals surface area contributed by atoms with Crippen molar-refractivity contribution in [2.45, 2.75) is 26.3 Å². The van der Waals surface area contributed by atoms with Gasteiger partial charge in [-0.2, -0.15) is 0 Å². The van der Waals surface area contributed by atoms with Gasteiger partial charge in [0.25, 0.3) is 0 Å². The molecule has 0 saturated carbocycles. The molecule has 0 radical (unpaired) electrons. The lowest BCUT2D eigenvalue weighted by atomic mass is 9.90. The molecule has 3 atom stereocenters. The van der Waals surface area contributed by atoms with Gasteiger partial charge in [0.2, 0.25) is 0 Å². The van der Waals surface area contributed by atoms with Gasteiger partial charge in [-0.1, -0.05) is 37.6 Å². The minimum absolute atomic E-state index is 0.540. The Morgan fingerprint density at radius 3 is 2.26 bits per heavy atom. The Hall–Kier alpha value is -1.06. The van der Waals surface area contributed by atoms with E-state index in [1.807, 2.05) is 12.1 Å². The van der Waals surface area contributed by atoms with E-state index in [4.69, 9.17) is 11.6 Å². The number of benzene rings is 1. The van der Waals surface area contributed by atoms with Crippen LogP contribution in [0.2, 0.25) is 5.02 Å². The molecule has 1 aromatic carbocycles. The van der Waals surface area contributed by atoms with Crippen LogP contribution in [0.25, 0.3) is 0 Å². The van der Waals surface area contributed by atoms with Crippen LogP contribution in [0.3, 0.4) is 0 Å². The number of nitrogens with zero attached hydrogens (tertiary/aromatic N) is 1. The number of carbonyl (C=O) groups is 1. The third-order valence-electron chi connectivity index (χ3n) is 3.68. The molecule has 1 fully saturated rings. The molecule has 1 heterocycles. The van der Waals surface area contributed by atoms with Crippen LogP contribution in [-0.4, -0.2) is 29.1 Å². The van der Waals surface area contributed by atoms with Crippen molar-refractivity contribution in [2.75, 3.05) is 13.1 Å². The van der Waals surface area contributed by atoms with Crippen LogP contribution in [0, 0.1) is 11.8 Å². The third-order valence-corrected chi connectivity index (χ3v) is 3.93. The smallest absolute Gasteiger partial charge is 0.325 e. The van der Waals surface area contributed by atoms with Gasteiger partial charge >= 0.3 is 5.97 Å². The highest BCUT2D eigenvalue weighted by molar-refractivity contribution is 6.30. The monoisotopic (exact) mass is 281 g/mol. The van der Waals surface area contributed by atoms with Crippen molar-refractivity contribution in [3.05, 3.63) is 34.9 Å². The minimum atomic E-state index is -0.788. The molecular formula is C15H20ClNO2. The number of rotatable bonds is 3. The zero-order valence-electron chi connectivity index (χ0n) is 11.3. The van der Waals surface area contributed by atoms with E-state index in [1.54, 1.807) is 12.1 Å². The minimum Gasteiger partial charge on any atom is -0.480 e. The van der Waals surface area contributed by atoms with Crippen molar-refractivity contribution >= 4 is 17.6 Å². The van der Waals surface area contributed by atoms with E-state index in [0.29, 0.717) is 16.9 Å². The van der Waals surface area contributed by atoms with Crippen molar-refractivity contribution in [3.8, 4) is 0 Å². The fourth-order valence-electron chi connectivity index (χ4n) is 3.08. The molecule has 104 valence electrons. The number of aliphatic carboxylic acids is 1. The molecule has 0 amide bonds. The van der Waals surface area contributed by atoms with Gasteiger partial charge in [0.1, 0.15) is 6.04 Å². The molecule has 0 spiro atoms. The van der Waals surface area contributed by atoms with Crippen molar-refractivity contribution in [3.63, 3.8) is 0 Å². The van der Waals surface area contributed by atoms with Gasteiger partial charge in [-0.25, -0.2) is 0 Å². The van der Waals surface area contributed by atoms with E-state index in [0.717, 1.165) is 18.7 Å². The van der Waals surface area contributed by atoms with E-state index in [-0.39, 0.29) is 0 Å². The van der Waals surface area contributed by atoms with E-state index < -0.39 is 12.0 Å². The maximum absolute atomic E-state index is 11.6. The lowest BCUT2D eigenvalue weighted by Gasteiger charge is -2.38. The maximum Gasteiger partial charge on any atom is 0.325 e. The maximum atomic E-state index is 11.6. The third kappa shape index (κ3) is 3.48. The standard InChI is InChI=1S/C15H20ClNO2/c1-10-7-11(2)9-17(8-10)14(15(18)19)12-3-5-13(16)6-4-12/h3-6,10-11,14H,7-9H2,1-2H3,(H,18,19). The Bertz CT molecular complexity index is 436. The lowest BCUT2D eigenvalue weighted by Crippen LogP contribution is -2.43. The van der Waals surface area contributed by atoms with Crippen LogP contribution < -0.4 is 0 Å². The largest absolute Gasteiger partial charge is 0.480 e. The first kappa shape index (κ1) is 14.4. The second kappa shape index (κ2) is 5.93. The molecule has 2 rings (SSSR count). The first-order chi connectivity index (χ1) is 8.97. The van der Waals surface area contributed by atoms with Gasteiger partial charge < -0.3 is 5.11 Å². The van der Waals surface area contributed by atoms with Gasteiger partial charge in [-0.3, -0.25) is 9.69 Å². The van der Waals surface area contributed by atoms with E-state index in [2.05, 4.69) is 18.7 Å². The van der Waals surface area contributed by atoms with Crippen LogP contribution in [0.1, 0.15) is 31.9 Å². The van der Waals surface area contributed by atoms with Gasteiger partial charge in [-0.15, -0.1) is 0 Å². The Kier molecular flexibility index (Phi) is 4.48. The van der Waals surface area contributed by atoms with Crippen LogP contribution >= 0.6 is 11.6 Å². The Morgan fingerprint density at radius 1 is 1.26 bits per heavy atom. The molecule has 0 aliphatic carbocycles. The fourth-order valence-corrected chi connectivity index (χ4v) is 3.20. The molecule has 1 aromatic rings.